The zero-order valence-electron chi connectivity index (χ0n) is 11.5. The Balaban J connectivity index is 1.88. The number of nitrogens with one attached hydrogen (secondary N) is 1. The Bertz CT molecular complexity index is 555. The van der Waals surface area contributed by atoms with Crippen molar-refractivity contribution in [1.82, 2.24) is 4.72 Å². The molecule has 2 rings (SSSR count). The molecule has 1 aliphatic rings. The molecule has 5 nitrogen and oxygen atoms in total. The number of hydrogen-bond acceptors (Lipinski definition) is 4. The highest BCUT2D eigenvalue weighted by Gasteiger charge is 2.15. The van der Waals surface area contributed by atoms with Crippen LogP contribution in [0.5, 0.6) is 0 Å². The fourth-order valence-corrected chi connectivity index (χ4v) is 3.37. The Morgan fingerprint density at radius 1 is 1.25 bits per heavy atom. The number of hydrogen-bond donors (Lipinski definition) is 2. The SMILES string of the molecule is NC1=NC(CCNS(=O)(=O)c2ccccc2)CCCC1. The topological polar surface area (TPSA) is 84.5 Å². The molecule has 0 saturated carbocycles. The highest BCUT2D eigenvalue weighted by atomic mass is 32.2. The van der Waals surface area contributed by atoms with Crippen molar-refractivity contribution >= 4 is 15.9 Å². The van der Waals surface area contributed by atoms with Crippen LogP contribution in [0.25, 0.3) is 0 Å². The predicted octanol–water partition coefficient (Wildman–Crippen LogP) is 1.65. The third kappa shape index (κ3) is 4.31. The van der Waals surface area contributed by atoms with Gasteiger partial charge in [0.25, 0.3) is 0 Å². The highest BCUT2D eigenvalue weighted by molar-refractivity contribution is 7.89. The van der Waals surface area contributed by atoms with Crippen LogP contribution < -0.4 is 10.5 Å². The standard InChI is InChI=1S/C14H21N3O2S/c15-14-9-5-4-6-12(17-14)10-11-16-20(18,19)13-7-2-1-3-8-13/h1-3,7-8,12,16H,4-6,9-11H2,(H2,15,17). The molecule has 1 heterocycles. The molecule has 1 aromatic carbocycles. The van der Waals surface area contributed by atoms with E-state index in [1.165, 1.54) is 0 Å². The van der Waals surface area contributed by atoms with E-state index in [1.54, 1.807) is 30.3 Å². The van der Waals surface area contributed by atoms with Crippen LogP contribution in [-0.2, 0) is 10.0 Å². The van der Waals surface area contributed by atoms with E-state index in [1.807, 2.05) is 0 Å². The first kappa shape index (κ1) is 15.0. The molecule has 0 aliphatic carbocycles. The number of nitrogens with zero attached hydrogens (tertiary/aromatic N) is 1. The average Bonchev–Trinajstić information content (AvgIpc) is 2.64. The van der Waals surface area contributed by atoms with Crippen LogP contribution in [0, 0.1) is 0 Å². The average molecular weight is 295 g/mol. The Morgan fingerprint density at radius 3 is 2.75 bits per heavy atom. The summed E-state index contributed by atoms with van der Waals surface area (Å²) in [5.74, 6) is 0.693. The van der Waals surface area contributed by atoms with Gasteiger partial charge >= 0.3 is 0 Å². The first-order valence-electron chi connectivity index (χ1n) is 6.95. The maximum atomic E-state index is 12.0. The molecule has 110 valence electrons. The number of sulfonamides is 1. The van der Waals surface area contributed by atoms with Crippen molar-refractivity contribution in [1.29, 1.82) is 0 Å². The van der Waals surface area contributed by atoms with E-state index in [2.05, 4.69) is 9.71 Å². The molecule has 0 fully saturated rings. The molecule has 0 bridgehead atoms. The van der Waals surface area contributed by atoms with Gasteiger partial charge in [-0.05, 0) is 31.4 Å². The molecule has 1 atom stereocenters. The summed E-state index contributed by atoms with van der Waals surface area (Å²) in [4.78, 5) is 4.72. The predicted molar refractivity (Wildman–Crippen MR) is 80.1 cm³/mol. The molecule has 20 heavy (non-hydrogen) atoms. The maximum Gasteiger partial charge on any atom is 0.240 e. The number of nitrogens with two attached hydrogens (primary N) is 1. The fourth-order valence-electron chi connectivity index (χ4n) is 2.30. The van der Waals surface area contributed by atoms with Crippen molar-refractivity contribution in [3.8, 4) is 0 Å². The van der Waals surface area contributed by atoms with Crippen molar-refractivity contribution in [3.05, 3.63) is 30.3 Å². The van der Waals surface area contributed by atoms with Crippen molar-refractivity contribution in [3.63, 3.8) is 0 Å². The van der Waals surface area contributed by atoms with E-state index in [9.17, 15) is 8.42 Å². The first-order chi connectivity index (χ1) is 9.58. The molecule has 6 heteroatoms. The number of rotatable bonds is 5. The number of benzene rings is 1. The van der Waals surface area contributed by atoms with Crippen LogP contribution in [0.4, 0.5) is 0 Å². The summed E-state index contributed by atoms with van der Waals surface area (Å²) in [6.07, 6.45) is 4.69. The van der Waals surface area contributed by atoms with E-state index in [4.69, 9.17) is 5.73 Å². The summed E-state index contributed by atoms with van der Waals surface area (Å²) in [5.41, 5.74) is 5.79. The van der Waals surface area contributed by atoms with Crippen LogP contribution in [0.3, 0.4) is 0 Å². The fraction of sp³-hybridized carbons (Fsp3) is 0.500. The van der Waals surface area contributed by atoms with Gasteiger partial charge in [0.1, 0.15) is 0 Å². The Kier molecular flexibility index (Phi) is 5.14. The summed E-state index contributed by atoms with van der Waals surface area (Å²) < 4.78 is 26.7. The van der Waals surface area contributed by atoms with Gasteiger partial charge in [-0.1, -0.05) is 24.6 Å². The third-order valence-corrected chi connectivity index (χ3v) is 4.87. The molecule has 1 aromatic rings. The van der Waals surface area contributed by atoms with Crippen LogP contribution in [0.15, 0.2) is 40.2 Å². The summed E-state index contributed by atoms with van der Waals surface area (Å²) >= 11 is 0. The van der Waals surface area contributed by atoms with Gasteiger partial charge in [0.2, 0.25) is 10.0 Å². The van der Waals surface area contributed by atoms with Crippen molar-refractivity contribution in [2.75, 3.05) is 6.54 Å². The minimum Gasteiger partial charge on any atom is -0.387 e. The molecule has 0 saturated heterocycles. The Labute approximate surface area is 120 Å². The first-order valence-corrected chi connectivity index (χ1v) is 8.43. The zero-order valence-corrected chi connectivity index (χ0v) is 12.3. The lowest BCUT2D eigenvalue weighted by Gasteiger charge is -2.12. The van der Waals surface area contributed by atoms with E-state index in [-0.39, 0.29) is 6.04 Å². The van der Waals surface area contributed by atoms with Crippen molar-refractivity contribution in [2.45, 2.75) is 43.0 Å². The summed E-state index contributed by atoms with van der Waals surface area (Å²) in [5, 5.41) is 0. The monoisotopic (exact) mass is 295 g/mol. The summed E-state index contributed by atoms with van der Waals surface area (Å²) in [6.45, 7) is 0.388. The van der Waals surface area contributed by atoms with E-state index in [0.717, 1.165) is 25.7 Å². The lowest BCUT2D eigenvalue weighted by Crippen LogP contribution is -2.27. The lowest BCUT2D eigenvalue weighted by atomic mass is 10.1. The third-order valence-electron chi connectivity index (χ3n) is 3.39. The van der Waals surface area contributed by atoms with Crippen molar-refractivity contribution < 1.29 is 8.42 Å². The van der Waals surface area contributed by atoms with Crippen LogP contribution in [-0.4, -0.2) is 26.8 Å². The molecule has 1 aliphatic heterocycles. The molecule has 0 aromatic heterocycles. The van der Waals surface area contributed by atoms with E-state index >= 15 is 0 Å². The number of aliphatic imine (C=N–C) groups is 1. The molecular weight excluding hydrogens is 274 g/mol. The summed E-state index contributed by atoms with van der Waals surface area (Å²) in [6, 6.07) is 8.53. The minimum atomic E-state index is -3.41. The van der Waals surface area contributed by atoms with Crippen LogP contribution in [0.2, 0.25) is 0 Å². The normalized spacial score (nSPS) is 20.2. The number of amidine groups is 1. The highest BCUT2D eigenvalue weighted by Crippen LogP contribution is 2.15. The van der Waals surface area contributed by atoms with Gasteiger partial charge in [0.05, 0.1) is 16.8 Å². The molecule has 3 N–H and O–H groups in total. The molecule has 0 radical (unpaired) electrons. The minimum absolute atomic E-state index is 0.135. The second-order valence-electron chi connectivity index (χ2n) is 5.02. The van der Waals surface area contributed by atoms with Crippen LogP contribution in [0.1, 0.15) is 32.1 Å². The van der Waals surface area contributed by atoms with Crippen molar-refractivity contribution in [2.24, 2.45) is 10.7 Å². The Morgan fingerprint density at radius 2 is 2.00 bits per heavy atom. The van der Waals surface area contributed by atoms with Gasteiger partial charge in [-0.3, -0.25) is 4.99 Å². The quantitative estimate of drug-likeness (QED) is 0.866. The lowest BCUT2D eigenvalue weighted by molar-refractivity contribution is 0.538. The van der Waals surface area contributed by atoms with Gasteiger partial charge in [-0.15, -0.1) is 0 Å². The largest absolute Gasteiger partial charge is 0.387 e. The smallest absolute Gasteiger partial charge is 0.240 e. The molecule has 0 amide bonds. The molecule has 1 unspecified atom stereocenters. The van der Waals surface area contributed by atoms with Gasteiger partial charge in [0, 0.05) is 13.0 Å². The zero-order chi connectivity index (χ0) is 14.4. The van der Waals surface area contributed by atoms with Gasteiger partial charge in [0.15, 0.2) is 0 Å². The van der Waals surface area contributed by atoms with E-state index < -0.39 is 10.0 Å². The van der Waals surface area contributed by atoms with Gasteiger partial charge in [-0.2, -0.15) is 0 Å². The summed E-state index contributed by atoms with van der Waals surface area (Å²) in [7, 11) is -3.41. The second kappa shape index (κ2) is 6.85. The maximum absolute atomic E-state index is 12.0. The van der Waals surface area contributed by atoms with Gasteiger partial charge in [-0.25, -0.2) is 13.1 Å². The van der Waals surface area contributed by atoms with Crippen LogP contribution >= 0.6 is 0 Å². The molecule has 0 spiro atoms. The Hall–Kier alpha value is -1.40. The van der Waals surface area contributed by atoms with E-state index in [0.29, 0.717) is 23.7 Å². The molecular formula is C14H21N3O2S. The van der Waals surface area contributed by atoms with Gasteiger partial charge < -0.3 is 5.73 Å². The second-order valence-corrected chi connectivity index (χ2v) is 6.79.